The first-order valence-corrected chi connectivity index (χ1v) is 8.45. The molecule has 0 aliphatic rings. The average molecular weight is 316 g/mol. The van der Waals surface area contributed by atoms with Crippen LogP contribution >= 0.6 is 0 Å². The van der Waals surface area contributed by atoms with E-state index in [0.717, 1.165) is 12.8 Å². The minimum absolute atomic E-state index is 0.0610. The van der Waals surface area contributed by atoms with Crippen molar-refractivity contribution in [2.75, 3.05) is 32.6 Å². The van der Waals surface area contributed by atoms with E-state index in [9.17, 15) is 8.42 Å². The van der Waals surface area contributed by atoms with E-state index in [1.165, 1.54) is 16.7 Å². The van der Waals surface area contributed by atoms with Crippen LogP contribution in [-0.4, -0.2) is 56.0 Å². The van der Waals surface area contributed by atoms with Gasteiger partial charge in [0, 0.05) is 26.7 Å². The number of nitrogens with one attached hydrogen (secondary N) is 1. The number of ether oxygens (including phenoxy) is 1. The Labute approximate surface area is 126 Å². The van der Waals surface area contributed by atoms with Gasteiger partial charge in [0.15, 0.2) is 0 Å². The summed E-state index contributed by atoms with van der Waals surface area (Å²) in [7, 11) is -0.384. The number of methoxy groups -OCH3 is 1. The first-order chi connectivity index (χ1) is 10.0. The summed E-state index contributed by atoms with van der Waals surface area (Å²) in [5.74, 6) is 0.389. The zero-order valence-electron chi connectivity index (χ0n) is 13.0. The van der Waals surface area contributed by atoms with E-state index in [1.54, 1.807) is 14.2 Å². The van der Waals surface area contributed by atoms with Gasteiger partial charge in [-0.2, -0.15) is 4.31 Å². The van der Waals surface area contributed by atoms with Crippen molar-refractivity contribution in [3.8, 4) is 0 Å². The van der Waals surface area contributed by atoms with E-state index in [2.05, 4.69) is 15.3 Å². The predicted octanol–water partition coefficient (Wildman–Crippen LogP) is 1.34. The molecule has 8 heteroatoms. The molecule has 0 saturated heterocycles. The quantitative estimate of drug-likeness (QED) is 0.740. The minimum atomic E-state index is -3.62. The van der Waals surface area contributed by atoms with Gasteiger partial charge in [0.05, 0.1) is 19.0 Å². The van der Waals surface area contributed by atoms with Crippen molar-refractivity contribution in [3.63, 3.8) is 0 Å². The second-order valence-corrected chi connectivity index (χ2v) is 6.46. The Morgan fingerprint density at radius 1 is 1.29 bits per heavy atom. The molecule has 7 nitrogen and oxygen atoms in total. The molecule has 21 heavy (non-hydrogen) atoms. The van der Waals surface area contributed by atoms with Crippen molar-refractivity contribution in [2.24, 2.45) is 0 Å². The van der Waals surface area contributed by atoms with E-state index in [0.29, 0.717) is 19.1 Å². The molecule has 0 amide bonds. The summed E-state index contributed by atoms with van der Waals surface area (Å²) in [4.78, 5) is 8.06. The molecule has 0 unspecified atom stereocenters. The normalized spacial score (nSPS) is 12.1. The van der Waals surface area contributed by atoms with Crippen LogP contribution in [0.4, 0.5) is 5.95 Å². The smallest absolute Gasteiger partial charge is 0.246 e. The molecule has 0 aliphatic carbocycles. The highest BCUT2D eigenvalue weighted by Gasteiger charge is 2.30. The lowest BCUT2D eigenvalue weighted by Gasteiger charge is -2.29. The largest absolute Gasteiger partial charge is 0.383 e. The summed E-state index contributed by atoms with van der Waals surface area (Å²) in [6.45, 7) is 4.62. The Bertz CT molecular complexity index is 515. The highest BCUT2D eigenvalue weighted by atomic mass is 32.2. The highest BCUT2D eigenvalue weighted by molar-refractivity contribution is 7.89. The molecule has 1 aromatic heterocycles. The van der Waals surface area contributed by atoms with Gasteiger partial charge in [0.25, 0.3) is 0 Å². The zero-order chi connectivity index (χ0) is 15.9. The molecule has 0 bridgehead atoms. The summed E-state index contributed by atoms with van der Waals surface area (Å²) in [6, 6.07) is -0.0610. The third-order valence-corrected chi connectivity index (χ3v) is 5.23. The molecule has 0 radical (unpaired) electrons. The number of aromatic nitrogens is 2. The van der Waals surface area contributed by atoms with E-state index in [4.69, 9.17) is 4.74 Å². The van der Waals surface area contributed by atoms with E-state index in [1.807, 2.05) is 13.8 Å². The Morgan fingerprint density at radius 3 is 2.29 bits per heavy atom. The maximum atomic E-state index is 12.8. The van der Waals surface area contributed by atoms with E-state index in [-0.39, 0.29) is 10.9 Å². The van der Waals surface area contributed by atoms with E-state index >= 15 is 0 Å². The van der Waals surface area contributed by atoms with Crippen molar-refractivity contribution in [2.45, 2.75) is 37.6 Å². The molecule has 0 saturated carbocycles. The number of nitrogens with zero attached hydrogens (tertiary/aromatic N) is 3. The van der Waals surface area contributed by atoms with Gasteiger partial charge < -0.3 is 10.1 Å². The van der Waals surface area contributed by atoms with Gasteiger partial charge in [-0.05, 0) is 12.8 Å². The van der Waals surface area contributed by atoms with Crippen LogP contribution in [0.15, 0.2) is 17.3 Å². The van der Waals surface area contributed by atoms with Gasteiger partial charge >= 0.3 is 0 Å². The Kier molecular flexibility index (Phi) is 7.00. The topological polar surface area (TPSA) is 84.4 Å². The van der Waals surface area contributed by atoms with Gasteiger partial charge in [-0.15, -0.1) is 0 Å². The SMILES string of the molecule is CCC(CC)N(CCOC)S(=O)(=O)c1cnc(NC)nc1. The third kappa shape index (κ3) is 4.36. The standard InChI is InChI=1S/C13H24N4O3S/c1-5-11(6-2)17(7-8-20-4)21(18,19)12-9-15-13(14-3)16-10-12/h9-11H,5-8H2,1-4H3,(H,14,15,16). The number of hydrogen-bond donors (Lipinski definition) is 1. The monoisotopic (exact) mass is 316 g/mol. The lowest BCUT2D eigenvalue weighted by atomic mass is 10.2. The fraction of sp³-hybridized carbons (Fsp3) is 0.692. The van der Waals surface area contributed by atoms with Crippen molar-refractivity contribution in [1.82, 2.24) is 14.3 Å². The number of anilines is 1. The molecule has 1 heterocycles. The molecule has 0 aromatic carbocycles. The zero-order valence-corrected chi connectivity index (χ0v) is 13.9. The molecule has 0 fully saturated rings. The molecular weight excluding hydrogens is 292 g/mol. The molecular formula is C13H24N4O3S. The third-order valence-electron chi connectivity index (χ3n) is 3.32. The second kappa shape index (κ2) is 8.26. The van der Waals surface area contributed by atoms with Crippen LogP contribution in [0.2, 0.25) is 0 Å². The van der Waals surface area contributed by atoms with Crippen LogP contribution in [0.3, 0.4) is 0 Å². The molecule has 0 spiro atoms. The van der Waals surface area contributed by atoms with Crippen molar-refractivity contribution >= 4 is 16.0 Å². The van der Waals surface area contributed by atoms with Crippen LogP contribution in [0.25, 0.3) is 0 Å². The summed E-state index contributed by atoms with van der Waals surface area (Å²) in [5.41, 5.74) is 0. The summed E-state index contributed by atoms with van der Waals surface area (Å²) >= 11 is 0. The average Bonchev–Trinajstić information content (AvgIpc) is 2.51. The maximum Gasteiger partial charge on any atom is 0.246 e. The molecule has 1 aromatic rings. The number of hydrogen-bond acceptors (Lipinski definition) is 6. The van der Waals surface area contributed by atoms with Gasteiger partial charge in [-0.1, -0.05) is 13.8 Å². The van der Waals surface area contributed by atoms with E-state index < -0.39 is 10.0 Å². The number of sulfonamides is 1. The van der Waals surface area contributed by atoms with Crippen LogP contribution in [0.5, 0.6) is 0 Å². The van der Waals surface area contributed by atoms with Gasteiger partial charge in [0.2, 0.25) is 16.0 Å². The van der Waals surface area contributed by atoms with Crippen LogP contribution in [-0.2, 0) is 14.8 Å². The maximum absolute atomic E-state index is 12.8. The highest BCUT2D eigenvalue weighted by Crippen LogP contribution is 2.20. The van der Waals surface area contributed by atoms with Crippen LogP contribution in [0.1, 0.15) is 26.7 Å². The summed E-state index contributed by atoms with van der Waals surface area (Å²) in [6.07, 6.45) is 4.15. The van der Waals surface area contributed by atoms with Crippen LogP contribution < -0.4 is 5.32 Å². The van der Waals surface area contributed by atoms with Crippen molar-refractivity contribution in [1.29, 1.82) is 0 Å². The fourth-order valence-electron chi connectivity index (χ4n) is 2.09. The molecule has 1 rings (SSSR count). The lowest BCUT2D eigenvalue weighted by molar-refractivity contribution is 0.163. The predicted molar refractivity (Wildman–Crippen MR) is 81.7 cm³/mol. The Morgan fingerprint density at radius 2 is 1.86 bits per heavy atom. The first-order valence-electron chi connectivity index (χ1n) is 7.01. The van der Waals surface area contributed by atoms with Crippen LogP contribution in [0, 0.1) is 0 Å². The number of rotatable bonds is 9. The summed E-state index contributed by atoms with van der Waals surface area (Å²) < 4.78 is 32.0. The second-order valence-electron chi connectivity index (χ2n) is 4.57. The van der Waals surface area contributed by atoms with Gasteiger partial charge in [0.1, 0.15) is 4.90 Å². The Balaban J connectivity index is 3.12. The minimum Gasteiger partial charge on any atom is -0.383 e. The Hall–Kier alpha value is -1.25. The molecule has 1 N–H and O–H groups in total. The fourth-order valence-corrected chi connectivity index (χ4v) is 3.74. The molecule has 0 aliphatic heterocycles. The molecule has 0 atom stereocenters. The molecule has 120 valence electrons. The van der Waals surface area contributed by atoms with Crippen molar-refractivity contribution in [3.05, 3.63) is 12.4 Å². The summed E-state index contributed by atoms with van der Waals surface area (Å²) in [5, 5.41) is 2.76. The van der Waals surface area contributed by atoms with Gasteiger partial charge in [-0.3, -0.25) is 0 Å². The lowest BCUT2D eigenvalue weighted by Crippen LogP contribution is -2.41. The van der Waals surface area contributed by atoms with Crippen molar-refractivity contribution < 1.29 is 13.2 Å². The van der Waals surface area contributed by atoms with Gasteiger partial charge in [-0.25, -0.2) is 18.4 Å². The first kappa shape index (κ1) is 17.8.